The second kappa shape index (κ2) is 3.84. The van der Waals surface area contributed by atoms with E-state index in [2.05, 4.69) is 10.3 Å². The van der Waals surface area contributed by atoms with Gasteiger partial charge in [0.05, 0.1) is 18.2 Å². The minimum absolute atomic E-state index is 0.119. The third-order valence-corrected chi connectivity index (χ3v) is 3.14. The first-order valence-electron chi connectivity index (χ1n) is 5.10. The zero-order valence-electron chi connectivity index (χ0n) is 8.40. The summed E-state index contributed by atoms with van der Waals surface area (Å²) in [6.07, 6.45) is 2.89. The van der Waals surface area contributed by atoms with E-state index in [1.54, 1.807) is 0 Å². The lowest BCUT2D eigenvalue weighted by Gasteiger charge is -2.35. The number of nitrogens with two attached hydrogens (primary N) is 1. The molecule has 2 aliphatic heterocycles. The maximum absolute atomic E-state index is 11.3. The third-order valence-electron chi connectivity index (χ3n) is 3.14. The van der Waals surface area contributed by atoms with Gasteiger partial charge in [-0.3, -0.25) is 15.1 Å². The third kappa shape index (κ3) is 1.75. The van der Waals surface area contributed by atoms with Crippen molar-refractivity contribution in [2.75, 3.05) is 13.1 Å². The van der Waals surface area contributed by atoms with Crippen LogP contribution in [0.15, 0.2) is 0 Å². The quantitative estimate of drug-likeness (QED) is 0.348. The fourth-order valence-corrected chi connectivity index (χ4v) is 2.25. The second-order valence-electron chi connectivity index (χ2n) is 4.10. The highest BCUT2D eigenvalue weighted by atomic mass is 16.5. The van der Waals surface area contributed by atoms with Gasteiger partial charge in [0.1, 0.15) is 0 Å². The van der Waals surface area contributed by atoms with Gasteiger partial charge in [0.15, 0.2) is 0 Å². The number of likely N-dealkylation sites (tertiary alicyclic amines) is 1. The first-order valence-corrected chi connectivity index (χ1v) is 5.10. The number of carbonyl (C=O) groups excluding carboxylic acids is 1. The SMILES string of the molecule is CC(C(=O)NN)N1CC2CCC(C1)O2. The number of amides is 1. The highest BCUT2D eigenvalue weighted by molar-refractivity contribution is 5.80. The van der Waals surface area contributed by atoms with E-state index >= 15 is 0 Å². The molecule has 2 saturated heterocycles. The largest absolute Gasteiger partial charge is 0.372 e. The smallest absolute Gasteiger partial charge is 0.250 e. The Kier molecular flexibility index (Phi) is 2.71. The van der Waals surface area contributed by atoms with Gasteiger partial charge in [-0.1, -0.05) is 0 Å². The first kappa shape index (κ1) is 9.89. The van der Waals surface area contributed by atoms with Gasteiger partial charge in [-0.05, 0) is 19.8 Å². The van der Waals surface area contributed by atoms with Gasteiger partial charge in [-0.2, -0.15) is 0 Å². The van der Waals surface area contributed by atoms with Crippen LogP contribution < -0.4 is 11.3 Å². The number of carbonyl (C=O) groups is 1. The molecule has 5 heteroatoms. The molecule has 0 aromatic carbocycles. The molecular formula is C9H17N3O2. The molecule has 1 amide bonds. The summed E-state index contributed by atoms with van der Waals surface area (Å²) in [7, 11) is 0. The number of nitrogens with zero attached hydrogens (tertiary/aromatic N) is 1. The molecule has 3 N–H and O–H groups in total. The van der Waals surface area contributed by atoms with Crippen LogP contribution in [0.25, 0.3) is 0 Å². The molecule has 0 aromatic rings. The second-order valence-corrected chi connectivity index (χ2v) is 4.10. The number of fused-ring (bicyclic) bond motifs is 2. The number of morpholine rings is 1. The Labute approximate surface area is 83.5 Å². The standard InChI is InChI=1S/C9H17N3O2/c1-6(9(13)11-10)12-4-7-2-3-8(5-12)14-7/h6-8H,2-5,10H2,1H3,(H,11,13). The molecule has 3 unspecified atom stereocenters. The van der Waals surface area contributed by atoms with Crippen LogP contribution in [0.2, 0.25) is 0 Å². The van der Waals surface area contributed by atoms with Gasteiger partial charge in [0.25, 0.3) is 5.91 Å². The van der Waals surface area contributed by atoms with Crippen molar-refractivity contribution >= 4 is 5.91 Å². The summed E-state index contributed by atoms with van der Waals surface area (Å²) < 4.78 is 5.69. The van der Waals surface area contributed by atoms with Crippen molar-refractivity contribution in [3.8, 4) is 0 Å². The zero-order chi connectivity index (χ0) is 10.1. The van der Waals surface area contributed by atoms with Crippen molar-refractivity contribution in [3.63, 3.8) is 0 Å². The lowest BCUT2D eigenvalue weighted by Crippen LogP contribution is -2.53. The number of rotatable bonds is 2. The molecule has 3 atom stereocenters. The predicted molar refractivity (Wildman–Crippen MR) is 51.3 cm³/mol. The van der Waals surface area contributed by atoms with Gasteiger partial charge in [0.2, 0.25) is 0 Å². The van der Waals surface area contributed by atoms with Crippen molar-refractivity contribution in [1.29, 1.82) is 0 Å². The molecule has 2 fully saturated rings. The Morgan fingerprint density at radius 1 is 1.50 bits per heavy atom. The van der Waals surface area contributed by atoms with E-state index in [0.717, 1.165) is 25.9 Å². The Morgan fingerprint density at radius 3 is 2.57 bits per heavy atom. The van der Waals surface area contributed by atoms with E-state index in [1.807, 2.05) is 6.92 Å². The maximum atomic E-state index is 11.3. The molecule has 2 aliphatic rings. The van der Waals surface area contributed by atoms with Crippen molar-refractivity contribution < 1.29 is 9.53 Å². The van der Waals surface area contributed by atoms with E-state index < -0.39 is 0 Å². The van der Waals surface area contributed by atoms with Crippen LogP contribution in [0.5, 0.6) is 0 Å². The Balaban J connectivity index is 1.95. The number of hydrazine groups is 1. The minimum atomic E-state index is -0.146. The molecule has 80 valence electrons. The number of hydrogen-bond donors (Lipinski definition) is 2. The lowest BCUT2D eigenvalue weighted by atomic mass is 10.2. The summed E-state index contributed by atoms with van der Waals surface area (Å²) in [4.78, 5) is 13.5. The minimum Gasteiger partial charge on any atom is -0.372 e. The molecular weight excluding hydrogens is 182 g/mol. The molecule has 5 nitrogen and oxygen atoms in total. The van der Waals surface area contributed by atoms with Gasteiger partial charge < -0.3 is 4.74 Å². The Hall–Kier alpha value is -0.650. The molecule has 0 radical (unpaired) electrons. The van der Waals surface area contributed by atoms with Crippen LogP contribution >= 0.6 is 0 Å². The summed E-state index contributed by atoms with van der Waals surface area (Å²) in [5.41, 5.74) is 2.19. The molecule has 0 aliphatic carbocycles. The fourth-order valence-electron chi connectivity index (χ4n) is 2.25. The molecule has 2 rings (SSSR count). The van der Waals surface area contributed by atoms with Gasteiger partial charge in [-0.15, -0.1) is 0 Å². The molecule has 2 heterocycles. The monoisotopic (exact) mass is 199 g/mol. The van der Waals surface area contributed by atoms with E-state index in [9.17, 15) is 4.79 Å². The summed E-state index contributed by atoms with van der Waals surface area (Å²) in [6.45, 7) is 3.59. The maximum Gasteiger partial charge on any atom is 0.250 e. The predicted octanol–water partition coefficient (Wildman–Crippen LogP) is -0.772. The van der Waals surface area contributed by atoms with E-state index in [0.29, 0.717) is 12.2 Å². The van der Waals surface area contributed by atoms with Crippen LogP contribution in [0, 0.1) is 0 Å². The van der Waals surface area contributed by atoms with Gasteiger partial charge in [-0.25, -0.2) is 5.84 Å². The highest BCUT2D eigenvalue weighted by Gasteiger charge is 2.36. The van der Waals surface area contributed by atoms with Gasteiger partial charge >= 0.3 is 0 Å². The van der Waals surface area contributed by atoms with Gasteiger partial charge in [0, 0.05) is 13.1 Å². The molecule has 14 heavy (non-hydrogen) atoms. The van der Waals surface area contributed by atoms with Crippen LogP contribution in [0.3, 0.4) is 0 Å². The molecule has 0 spiro atoms. The first-order chi connectivity index (χ1) is 6.70. The van der Waals surface area contributed by atoms with Crippen LogP contribution in [-0.4, -0.2) is 42.1 Å². The zero-order valence-corrected chi connectivity index (χ0v) is 8.40. The summed E-state index contributed by atoms with van der Waals surface area (Å²) in [6, 6.07) is -0.146. The van der Waals surface area contributed by atoms with Crippen LogP contribution in [-0.2, 0) is 9.53 Å². The van der Waals surface area contributed by atoms with Crippen molar-refractivity contribution in [2.24, 2.45) is 5.84 Å². The number of nitrogens with one attached hydrogen (secondary N) is 1. The summed E-state index contributed by atoms with van der Waals surface area (Å²) in [5.74, 6) is 4.99. The van der Waals surface area contributed by atoms with E-state index in [4.69, 9.17) is 10.6 Å². The van der Waals surface area contributed by atoms with Crippen molar-refractivity contribution in [1.82, 2.24) is 10.3 Å². The van der Waals surface area contributed by atoms with Crippen LogP contribution in [0.4, 0.5) is 0 Å². The fraction of sp³-hybridized carbons (Fsp3) is 0.889. The van der Waals surface area contributed by atoms with Crippen molar-refractivity contribution in [3.05, 3.63) is 0 Å². The Bertz CT molecular complexity index is 222. The summed E-state index contributed by atoms with van der Waals surface area (Å²) >= 11 is 0. The molecule has 0 aromatic heterocycles. The number of hydrogen-bond acceptors (Lipinski definition) is 4. The van der Waals surface area contributed by atoms with E-state index in [-0.39, 0.29) is 11.9 Å². The normalized spacial score (nSPS) is 34.1. The van der Waals surface area contributed by atoms with Crippen LogP contribution in [0.1, 0.15) is 19.8 Å². The average Bonchev–Trinajstić information content (AvgIpc) is 2.55. The van der Waals surface area contributed by atoms with E-state index in [1.165, 1.54) is 0 Å². The average molecular weight is 199 g/mol. The lowest BCUT2D eigenvalue weighted by molar-refractivity contribution is -0.129. The van der Waals surface area contributed by atoms with Crippen molar-refractivity contribution in [2.45, 2.75) is 38.0 Å². The Morgan fingerprint density at radius 2 is 2.07 bits per heavy atom. The summed E-state index contributed by atoms with van der Waals surface area (Å²) in [5, 5.41) is 0. The number of ether oxygens (including phenoxy) is 1. The highest BCUT2D eigenvalue weighted by Crippen LogP contribution is 2.27. The molecule has 0 saturated carbocycles. The molecule has 2 bridgehead atoms. The topological polar surface area (TPSA) is 67.6 Å².